The van der Waals surface area contributed by atoms with Gasteiger partial charge in [-0.15, -0.1) is 13.2 Å². The van der Waals surface area contributed by atoms with Crippen LogP contribution < -0.4 is 4.74 Å². The van der Waals surface area contributed by atoms with Crippen molar-refractivity contribution < 1.29 is 23.0 Å². The first kappa shape index (κ1) is 11.1. The molecule has 0 saturated carbocycles. The van der Waals surface area contributed by atoms with E-state index in [1.165, 1.54) is 0 Å². The number of aromatic nitrogens is 1. The van der Waals surface area contributed by atoms with Gasteiger partial charge < -0.3 is 9.84 Å². The summed E-state index contributed by atoms with van der Waals surface area (Å²) in [5.74, 6) is -0.571. The van der Waals surface area contributed by atoms with Gasteiger partial charge in [-0.1, -0.05) is 11.6 Å². The molecule has 0 atom stereocenters. The summed E-state index contributed by atoms with van der Waals surface area (Å²) in [4.78, 5) is 3.56. The maximum absolute atomic E-state index is 11.8. The fraction of sp³-hybridized carbons (Fsp3) is 0.286. The van der Waals surface area contributed by atoms with Crippen LogP contribution in [0.25, 0.3) is 0 Å². The molecule has 0 spiro atoms. The van der Waals surface area contributed by atoms with Crippen molar-refractivity contribution in [3.8, 4) is 5.75 Å². The van der Waals surface area contributed by atoms with E-state index in [1.54, 1.807) is 0 Å². The molecule has 0 aliphatic rings. The van der Waals surface area contributed by atoms with Crippen LogP contribution in [0, 0.1) is 0 Å². The first-order chi connectivity index (χ1) is 6.44. The molecule has 0 radical (unpaired) electrons. The van der Waals surface area contributed by atoms with Crippen LogP contribution in [0.4, 0.5) is 13.2 Å². The van der Waals surface area contributed by atoms with Crippen molar-refractivity contribution in [3.05, 3.63) is 23.0 Å². The number of hydrogen-bond acceptors (Lipinski definition) is 3. The Balaban J connectivity index is 2.98. The lowest BCUT2D eigenvalue weighted by Gasteiger charge is -2.10. The average molecular weight is 228 g/mol. The maximum Gasteiger partial charge on any atom is 0.573 e. The van der Waals surface area contributed by atoms with Crippen molar-refractivity contribution >= 4 is 11.6 Å². The van der Waals surface area contributed by atoms with Crippen molar-refractivity contribution in [2.24, 2.45) is 0 Å². The van der Waals surface area contributed by atoms with Gasteiger partial charge in [0.25, 0.3) is 0 Å². The summed E-state index contributed by atoms with van der Waals surface area (Å²) < 4.78 is 39.0. The number of alkyl halides is 3. The lowest BCUT2D eigenvalue weighted by Crippen LogP contribution is -2.17. The predicted octanol–water partition coefficient (Wildman–Crippen LogP) is 2.13. The summed E-state index contributed by atoms with van der Waals surface area (Å²) >= 11 is 5.47. The molecule has 0 bridgehead atoms. The highest BCUT2D eigenvalue weighted by molar-refractivity contribution is 6.32. The number of nitrogens with zero attached hydrogens (tertiary/aromatic N) is 1. The third-order valence-corrected chi connectivity index (χ3v) is 1.71. The first-order valence-corrected chi connectivity index (χ1v) is 3.82. The minimum atomic E-state index is -4.81. The molecule has 0 aliphatic carbocycles. The third-order valence-electron chi connectivity index (χ3n) is 1.30. The van der Waals surface area contributed by atoms with Crippen molar-refractivity contribution in [2.75, 3.05) is 0 Å². The Labute approximate surface area is 82.1 Å². The Kier molecular flexibility index (Phi) is 3.17. The highest BCUT2D eigenvalue weighted by Crippen LogP contribution is 2.31. The van der Waals surface area contributed by atoms with Crippen molar-refractivity contribution in [3.63, 3.8) is 0 Å². The smallest absolute Gasteiger partial charge is 0.404 e. The van der Waals surface area contributed by atoms with Gasteiger partial charge in [-0.25, -0.2) is 0 Å². The third kappa shape index (κ3) is 2.74. The molecule has 0 saturated heterocycles. The van der Waals surface area contributed by atoms with Gasteiger partial charge >= 0.3 is 6.36 Å². The standard InChI is InChI=1S/C7H5ClF3NO2/c8-6-4(3-13)12-2-1-5(6)14-7(9,10)11/h1-2,13H,3H2. The van der Waals surface area contributed by atoms with Gasteiger partial charge in [0.2, 0.25) is 0 Å². The van der Waals surface area contributed by atoms with Crippen LogP contribution in [0.5, 0.6) is 5.75 Å². The first-order valence-electron chi connectivity index (χ1n) is 3.44. The van der Waals surface area contributed by atoms with E-state index in [1.807, 2.05) is 0 Å². The SMILES string of the molecule is OCc1nccc(OC(F)(F)F)c1Cl. The highest BCUT2D eigenvalue weighted by Gasteiger charge is 2.32. The molecule has 0 aliphatic heterocycles. The predicted molar refractivity (Wildman–Crippen MR) is 41.9 cm³/mol. The Hall–Kier alpha value is -1.01. The fourth-order valence-electron chi connectivity index (χ4n) is 0.781. The monoisotopic (exact) mass is 227 g/mol. The molecule has 1 aromatic heterocycles. The molecule has 0 fully saturated rings. The molecular weight excluding hydrogens is 223 g/mol. The highest BCUT2D eigenvalue weighted by atomic mass is 35.5. The van der Waals surface area contributed by atoms with Gasteiger partial charge in [-0.3, -0.25) is 4.98 Å². The lowest BCUT2D eigenvalue weighted by atomic mass is 10.3. The van der Waals surface area contributed by atoms with Crippen molar-refractivity contribution in [1.82, 2.24) is 4.98 Å². The summed E-state index contributed by atoms with van der Waals surface area (Å²) in [5, 5.41) is 8.32. The number of ether oxygens (including phenoxy) is 1. The minimum absolute atomic E-state index is 0.0617. The molecule has 7 heteroatoms. The zero-order chi connectivity index (χ0) is 10.8. The molecule has 1 aromatic rings. The summed E-state index contributed by atoms with van der Waals surface area (Å²) in [6, 6.07) is 0.967. The molecule has 1 N–H and O–H groups in total. The topological polar surface area (TPSA) is 42.4 Å². The fourth-order valence-corrected chi connectivity index (χ4v) is 0.991. The van der Waals surface area contributed by atoms with Crippen molar-refractivity contribution in [2.45, 2.75) is 13.0 Å². The number of rotatable bonds is 2. The molecule has 1 rings (SSSR count). The van der Waals surface area contributed by atoms with E-state index in [0.29, 0.717) is 0 Å². The molecule has 14 heavy (non-hydrogen) atoms. The summed E-state index contributed by atoms with van der Waals surface area (Å²) in [5.41, 5.74) is -0.0617. The molecule has 0 unspecified atom stereocenters. The average Bonchev–Trinajstić information content (AvgIpc) is 2.06. The Bertz CT molecular complexity index is 329. The van der Waals surface area contributed by atoms with Crippen LogP contribution in [0.2, 0.25) is 5.02 Å². The quantitative estimate of drug-likeness (QED) is 0.842. The zero-order valence-corrected chi connectivity index (χ0v) is 7.43. The van der Waals surface area contributed by atoms with Crippen LogP contribution >= 0.6 is 11.6 Å². The van der Waals surface area contributed by atoms with Crippen molar-refractivity contribution in [1.29, 1.82) is 0 Å². The molecule has 78 valence electrons. The second kappa shape index (κ2) is 4.02. The van der Waals surface area contributed by atoms with Gasteiger partial charge in [-0.05, 0) is 0 Å². The summed E-state index contributed by atoms with van der Waals surface area (Å²) in [6.45, 7) is -0.548. The van der Waals surface area contributed by atoms with Gasteiger partial charge in [0.1, 0.15) is 5.02 Å². The van der Waals surface area contributed by atoms with E-state index in [2.05, 4.69) is 9.72 Å². The zero-order valence-electron chi connectivity index (χ0n) is 6.68. The lowest BCUT2D eigenvalue weighted by molar-refractivity contribution is -0.274. The maximum atomic E-state index is 11.8. The van der Waals surface area contributed by atoms with E-state index in [0.717, 1.165) is 12.3 Å². The van der Waals surface area contributed by atoms with E-state index in [9.17, 15) is 13.2 Å². The minimum Gasteiger partial charge on any atom is -0.404 e. The number of aliphatic hydroxyl groups excluding tert-OH is 1. The second-order valence-corrected chi connectivity index (χ2v) is 2.65. The summed E-state index contributed by atoms with van der Waals surface area (Å²) in [7, 11) is 0. The number of hydrogen-bond donors (Lipinski definition) is 1. The Morgan fingerprint density at radius 1 is 1.50 bits per heavy atom. The van der Waals surface area contributed by atoms with Gasteiger partial charge in [-0.2, -0.15) is 0 Å². The van der Waals surface area contributed by atoms with E-state index >= 15 is 0 Å². The van der Waals surface area contributed by atoms with Gasteiger partial charge in [0.15, 0.2) is 5.75 Å². The van der Waals surface area contributed by atoms with Crippen LogP contribution in [-0.2, 0) is 6.61 Å². The molecule has 0 aromatic carbocycles. The number of halogens is 4. The Morgan fingerprint density at radius 2 is 2.14 bits per heavy atom. The molecule has 3 nitrogen and oxygen atoms in total. The van der Waals surface area contributed by atoms with Crippen LogP contribution in [-0.4, -0.2) is 16.5 Å². The van der Waals surface area contributed by atoms with E-state index < -0.39 is 18.7 Å². The second-order valence-electron chi connectivity index (χ2n) is 2.28. The van der Waals surface area contributed by atoms with Crippen LogP contribution in [0.15, 0.2) is 12.3 Å². The normalized spacial score (nSPS) is 11.5. The summed E-state index contributed by atoms with van der Waals surface area (Å²) in [6.07, 6.45) is -3.74. The van der Waals surface area contributed by atoms with E-state index in [4.69, 9.17) is 16.7 Å². The number of aliphatic hydroxyl groups is 1. The van der Waals surface area contributed by atoms with Crippen LogP contribution in [0.1, 0.15) is 5.69 Å². The van der Waals surface area contributed by atoms with Gasteiger partial charge in [0.05, 0.1) is 12.3 Å². The van der Waals surface area contributed by atoms with E-state index in [-0.39, 0.29) is 10.7 Å². The molecule has 0 amide bonds. The largest absolute Gasteiger partial charge is 0.573 e. The Morgan fingerprint density at radius 3 is 2.64 bits per heavy atom. The molecular formula is C7H5ClF3NO2. The van der Waals surface area contributed by atoms with Crippen LogP contribution in [0.3, 0.4) is 0 Å². The molecule has 1 heterocycles. The number of pyridine rings is 1. The van der Waals surface area contributed by atoms with Gasteiger partial charge in [0, 0.05) is 12.3 Å².